The van der Waals surface area contributed by atoms with Crippen LogP contribution in [-0.4, -0.2) is 27.3 Å². The van der Waals surface area contributed by atoms with Gasteiger partial charge in [0.25, 0.3) is 0 Å². The van der Waals surface area contributed by atoms with Gasteiger partial charge >= 0.3 is 49.7 Å². The molecule has 12 heavy (non-hydrogen) atoms. The van der Waals surface area contributed by atoms with E-state index < -0.39 is 0 Å². The second-order valence-corrected chi connectivity index (χ2v) is 0. The standard InChI is InChI=1S/5CN.Au.Pb/c5*1-2;;/q5*-1;+3;+2. The van der Waals surface area contributed by atoms with Crippen molar-refractivity contribution in [3.63, 3.8) is 0 Å². The van der Waals surface area contributed by atoms with Crippen LogP contribution < -0.4 is 0 Å². The van der Waals surface area contributed by atoms with Crippen LogP contribution in [0.3, 0.4) is 0 Å². The maximum absolute atomic E-state index is 6.25. The van der Waals surface area contributed by atoms with Crippen molar-refractivity contribution in [1.82, 2.24) is 0 Å². The molecule has 0 aliphatic heterocycles. The Hall–Kier alpha value is -0.888. The molecule has 0 amide bonds. The summed E-state index contributed by atoms with van der Waals surface area (Å²) in [6, 6.07) is 0. The Bertz CT molecular complexity index is 78.4. The molecule has 0 aromatic heterocycles. The van der Waals surface area contributed by atoms with Crippen molar-refractivity contribution in [2.24, 2.45) is 0 Å². The zero-order valence-electron chi connectivity index (χ0n) is 5.54. The summed E-state index contributed by atoms with van der Waals surface area (Å²) >= 11 is 0. The summed E-state index contributed by atoms with van der Waals surface area (Å²) in [7, 11) is 0. The van der Waals surface area contributed by atoms with Crippen LogP contribution in [0.25, 0.3) is 0 Å². The topological polar surface area (TPSA) is 119 Å². The van der Waals surface area contributed by atoms with Gasteiger partial charge in [-0.3, -0.25) is 0 Å². The summed E-state index contributed by atoms with van der Waals surface area (Å²) < 4.78 is 0. The molecule has 0 saturated carbocycles. The van der Waals surface area contributed by atoms with E-state index in [4.69, 9.17) is 59.2 Å². The first-order chi connectivity index (χ1) is 5.00. The predicted octanol–water partition coefficient (Wildman–Crippen LogP) is 0.0985. The van der Waals surface area contributed by atoms with Crippen molar-refractivity contribution < 1.29 is 22.4 Å². The molecule has 0 aromatic carbocycles. The molecule has 0 aliphatic rings. The largest absolute Gasteiger partial charge is 3.00 e. The fraction of sp³-hybridized carbons (Fsp3) is 0. The Morgan fingerprint density at radius 3 is 0.417 bits per heavy atom. The molecule has 0 aliphatic carbocycles. The zero-order chi connectivity index (χ0) is 10.0. The van der Waals surface area contributed by atoms with Gasteiger partial charge in [-0.05, 0) is 0 Å². The van der Waals surface area contributed by atoms with Crippen molar-refractivity contribution in [3.05, 3.63) is 32.9 Å². The van der Waals surface area contributed by atoms with Gasteiger partial charge in [0.1, 0.15) is 0 Å². The molecule has 2 radical (unpaired) electrons. The molecule has 0 heterocycles. The second kappa shape index (κ2) is 1070. The molecule has 0 spiro atoms. The normalized spacial score (nSPS) is 0.833. The van der Waals surface area contributed by atoms with E-state index in [1.54, 1.807) is 0 Å². The minimum Gasteiger partial charge on any atom is -0.512 e. The smallest absolute Gasteiger partial charge is 0.512 e. The molecule has 0 saturated heterocycles. The van der Waals surface area contributed by atoms with Crippen LogP contribution in [0.15, 0.2) is 0 Å². The molecule has 7 heteroatoms. The summed E-state index contributed by atoms with van der Waals surface area (Å²) in [5.41, 5.74) is 0. The van der Waals surface area contributed by atoms with E-state index in [0.717, 1.165) is 0 Å². The fourth-order valence-corrected chi connectivity index (χ4v) is 0. The maximum atomic E-state index is 6.25. The van der Waals surface area contributed by atoms with E-state index in [1.807, 2.05) is 0 Å². The van der Waals surface area contributed by atoms with Crippen LogP contribution >= 0.6 is 0 Å². The number of hydrogen-bond donors (Lipinski definition) is 0. The average Bonchev–Trinajstić information content (AvgIpc) is 2.20. The summed E-state index contributed by atoms with van der Waals surface area (Å²) in [5.74, 6) is 0. The Labute approximate surface area is 108 Å². The van der Waals surface area contributed by atoms with E-state index in [0.29, 0.717) is 0 Å². The molecule has 60 valence electrons. The summed E-state index contributed by atoms with van der Waals surface area (Å²) in [6.07, 6.45) is 0. The Balaban J connectivity index is -0.00000000500. The molecular weight excluding hydrogens is 534 g/mol. The van der Waals surface area contributed by atoms with Gasteiger partial charge in [0, 0.05) is 0 Å². The average molecular weight is 534 g/mol. The minimum atomic E-state index is 0. The first kappa shape index (κ1) is 67.2. The van der Waals surface area contributed by atoms with Crippen molar-refractivity contribution in [3.8, 4) is 0 Å². The molecule has 5 nitrogen and oxygen atoms in total. The first-order valence-corrected chi connectivity index (χ1v) is 1.12. The Kier molecular flexibility index (Phi) is 5970. The monoisotopic (exact) mass is 535 g/mol. The molecule has 0 aromatic rings. The molecule has 0 atom stereocenters. The molecule has 0 rings (SSSR count). The molecule has 0 N–H and O–H groups in total. The van der Waals surface area contributed by atoms with Crippen molar-refractivity contribution in [2.75, 3.05) is 0 Å². The van der Waals surface area contributed by atoms with E-state index >= 15 is 0 Å². The third-order valence-corrected chi connectivity index (χ3v) is 0. The molecule has 0 bridgehead atoms. The van der Waals surface area contributed by atoms with Gasteiger partial charge in [0.2, 0.25) is 0 Å². The van der Waals surface area contributed by atoms with E-state index in [2.05, 4.69) is 0 Å². The molecule has 0 fully saturated rings. The van der Waals surface area contributed by atoms with E-state index in [9.17, 15) is 0 Å². The van der Waals surface area contributed by atoms with Gasteiger partial charge < -0.3 is 59.2 Å². The van der Waals surface area contributed by atoms with E-state index in [-0.39, 0.29) is 49.7 Å². The van der Waals surface area contributed by atoms with Gasteiger partial charge in [-0.25, -0.2) is 0 Å². The van der Waals surface area contributed by atoms with Crippen LogP contribution in [0.4, 0.5) is 0 Å². The third kappa shape index (κ3) is 761. The van der Waals surface area contributed by atoms with Crippen molar-refractivity contribution >= 4 is 27.3 Å². The van der Waals surface area contributed by atoms with Gasteiger partial charge in [-0.15, -0.1) is 0 Å². The Morgan fingerprint density at radius 1 is 0.417 bits per heavy atom. The number of hydrogen-bond acceptors (Lipinski definition) is 5. The predicted molar refractivity (Wildman–Crippen MR) is 30.6 cm³/mol. The van der Waals surface area contributed by atoms with E-state index in [1.165, 1.54) is 0 Å². The Morgan fingerprint density at radius 2 is 0.417 bits per heavy atom. The third-order valence-electron chi connectivity index (χ3n) is 0. The summed E-state index contributed by atoms with van der Waals surface area (Å²) in [4.78, 5) is 0. The van der Waals surface area contributed by atoms with Crippen LogP contribution in [0.2, 0.25) is 0 Å². The van der Waals surface area contributed by atoms with Gasteiger partial charge in [-0.1, -0.05) is 0 Å². The van der Waals surface area contributed by atoms with Crippen molar-refractivity contribution in [2.45, 2.75) is 0 Å². The van der Waals surface area contributed by atoms with Crippen LogP contribution in [0, 0.1) is 59.2 Å². The van der Waals surface area contributed by atoms with Crippen molar-refractivity contribution in [1.29, 1.82) is 26.3 Å². The minimum absolute atomic E-state index is 0. The van der Waals surface area contributed by atoms with Crippen LogP contribution in [-0.2, 0) is 22.4 Å². The van der Waals surface area contributed by atoms with Gasteiger partial charge in [-0.2, -0.15) is 0 Å². The van der Waals surface area contributed by atoms with Crippen LogP contribution in [0.1, 0.15) is 0 Å². The quantitative estimate of drug-likeness (QED) is 0.323. The first-order valence-electron chi connectivity index (χ1n) is 1.12. The van der Waals surface area contributed by atoms with Crippen LogP contribution in [0.5, 0.6) is 0 Å². The second-order valence-electron chi connectivity index (χ2n) is 0. The molecule has 0 unspecified atom stereocenters. The molecular formula is C5AuN5Pb. The maximum Gasteiger partial charge on any atom is 3.00 e. The van der Waals surface area contributed by atoms with Gasteiger partial charge in [0.15, 0.2) is 0 Å². The summed E-state index contributed by atoms with van der Waals surface area (Å²) in [6.45, 7) is 23.8. The SMILES string of the molecule is [Au+3].[C-]#N.[C-]#N.[C-]#N.[C-]#N.[C-]#N.[Pb+2]. The number of rotatable bonds is 0. The fourth-order valence-electron chi connectivity index (χ4n) is 0. The number of nitrogens with zero attached hydrogens (tertiary/aromatic N) is 5. The zero-order valence-corrected chi connectivity index (χ0v) is 11.6. The van der Waals surface area contributed by atoms with Gasteiger partial charge in [0.05, 0.1) is 0 Å². The summed E-state index contributed by atoms with van der Waals surface area (Å²) in [5, 5.41) is 31.2.